The first-order valence-corrected chi connectivity index (χ1v) is 8.94. The third kappa shape index (κ3) is 0.859. The summed E-state index contributed by atoms with van der Waals surface area (Å²) in [5.74, 6) is 0.752. The lowest BCUT2D eigenvalue weighted by Gasteiger charge is -2.49. The monoisotopic (exact) mass is 292 g/mol. The molecule has 1 saturated heterocycles. The van der Waals surface area contributed by atoms with Gasteiger partial charge in [-0.15, -0.1) is 0 Å². The maximum Gasteiger partial charge on any atom is 0.0546 e. The van der Waals surface area contributed by atoms with Crippen molar-refractivity contribution in [3.05, 3.63) is 42.0 Å². The number of rotatable bonds is 0. The van der Waals surface area contributed by atoms with Crippen LogP contribution in [-0.4, -0.2) is 36.6 Å². The molecule has 5 atom stereocenters. The van der Waals surface area contributed by atoms with Gasteiger partial charge in [-0.25, -0.2) is 0 Å². The van der Waals surface area contributed by atoms with Gasteiger partial charge in [0, 0.05) is 36.2 Å². The van der Waals surface area contributed by atoms with E-state index < -0.39 is 0 Å². The van der Waals surface area contributed by atoms with Crippen LogP contribution >= 0.6 is 0 Å². The minimum atomic E-state index is 0.352. The molecule has 0 amide bonds. The lowest BCUT2D eigenvalue weighted by molar-refractivity contribution is 0.0983. The van der Waals surface area contributed by atoms with E-state index in [-0.39, 0.29) is 0 Å². The van der Waals surface area contributed by atoms with Crippen LogP contribution < -0.4 is 4.90 Å². The Bertz CT molecular complexity index is 724. The van der Waals surface area contributed by atoms with E-state index in [0.717, 1.165) is 12.0 Å². The van der Waals surface area contributed by atoms with Gasteiger partial charge in [0.25, 0.3) is 0 Å². The van der Waals surface area contributed by atoms with Crippen molar-refractivity contribution in [1.82, 2.24) is 4.90 Å². The molecule has 6 rings (SSSR count). The Kier molecular flexibility index (Phi) is 1.83. The van der Waals surface area contributed by atoms with Gasteiger partial charge in [0.05, 0.1) is 5.54 Å². The highest BCUT2D eigenvalue weighted by atomic mass is 15.3. The predicted molar refractivity (Wildman–Crippen MR) is 89.2 cm³/mol. The molecule has 114 valence electrons. The second-order valence-electron chi connectivity index (χ2n) is 8.36. The molecule has 2 saturated carbocycles. The Morgan fingerprint density at radius 1 is 1.14 bits per heavy atom. The van der Waals surface area contributed by atoms with Crippen LogP contribution in [-0.2, 0) is 5.41 Å². The zero-order chi connectivity index (χ0) is 14.7. The Morgan fingerprint density at radius 2 is 2.00 bits per heavy atom. The van der Waals surface area contributed by atoms with Crippen LogP contribution in [0, 0.1) is 11.3 Å². The summed E-state index contributed by atoms with van der Waals surface area (Å²) in [6, 6.07) is 10.0. The number of likely N-dealkylation sites (N-methyl/N-ethyl adjacent to an activating group) is 1. The third-order valence-corrected chi connectivity index (χ3v) is 8.48. The molecular formula is C20H24N2. The van der Waals surface area contributed by atoms with Gasteiger partial charge < -0.3 is 4.90 Å². The SMILES string of the molecule is C[C@H]1[C@]23C=CCN4CC[C@@]5(c6ccccc6N(C)[C@@]15CC2)[C@@H]43. The van der Waals surface area contributed by atoms with Crippen molar-refractivity contribution >= 4 is 5.69 Å². The molecule has 5 aliphatic rings. The summed E-state index contributed by atoms with van der Waals surface area (Å²) >= 11 is 0. The first-order valence-electron chi connectivity index (χ1n) is 8.94. The van der Waals surface area contributed by atoms with Gasteiger partial charge in [-0.2, -0.15) is 0 Å². The molecule has 22 heavy (non-hydrogen) atoms. The number of para-hydroxylation sites is 1. The largest absolute Gasteiger partial charge is 0.367 e. The van der Waals surface area contributed by atoms with Crippen LogP contribution in [0.1, 0.15) is 31.7 Å². The standard InChI is InChI=1S/C20H24N2/c1-14-18-8-5-12-22-13-11-19(17(18)22)15-6-3-4-7-16(15)21(2)20(14,19)10-9-18/h3-8,14,17H,9-13H2,1-2H3/t14-,17-,18-,19+,20-/m0/s1. The Morgan fingerprint density at radius 3 is 2.91 bits per heavy atom. The van der Waals surface area contributed by atoms with Crippen LogP contribution in [0.4, 0.5) is 5.69 Å². The molecule has 3 aliphatic heterocycles. The zero-order valence-electron chi connectivity index (χ0n) is 13.5. The van der Waals surface area contributed by atoms with E-state index >= 15 is 0 Å². The van der Waals surface area contributed by atoms with Gasteiger partial charge >= 0.3 is 0 Å². The molecule has 1 aromatic rings. The lowest BCUT2D eigenvalue weighted by atomic mass is 9.60. The fourth-order valence-electron chi connectivity index (χ4n) is 7.97. The maximum atomic E-state index is 2.81. The van der Waals surface area contributed by atoms with Crippen molar-refractivity contribution in [2.24, 2.45) is 11.3 Å². The summed E-state index contributed by atoms with van der Waals surface area (Å²) in [6.07, 6.45) is 9.21. The molecule has 0 radical (unpaired) electrons. The van der Waals surface area contributed by atoms with E-state index in [2.05, 4.69) is 60.2 Å². The molecular weight excluding hydrogens is 268 g/mol. The van der Waals surface area contributed by atoms with Gasteiger partial charge in [-0.05, 0) is 43.4 Å². The van der Waals surface area contributed by atoms with Crippen molar-refractivity contribution in [1.29, 1.82) is 0 Å². The quantitative estimate of drug-likeness (QED) is 0.678. The molecule has 0 N–H and O–H groups in total. The molecule has 3 heterocycles. The topological polar surface area (TPSA) is 6.48 Å². The van der Waals surface area contributed by atoms with Gasteiger partial charge in [0.2, 0.25) is 0 Å². The lowest BCUT2D eigenvalue weighted by Crippen LogP contribution is -2.60. The summed E-state index contributed by atoms with van der Waals surface area (Å²) < 4.78 is 0. The zero-order valence-corrected chi connectivity index (χ0v) is 13.5. The summed E-state index contributed by atoms with van der Waals surface area (Å²) in [5.41, 5.74) is 4.33. The third-order valence-electron chi connectivity index (χ3n) is 8.48. The van der Waals surface area contributed by atoms with Crippen molar-refractivity contribution < 1.29 is 0 Å². The first-order chi connectivity index (χ1) is 10.7. The van der Waals surface area contributed by atoms with E-state index in [4.69, 9.17) is 0 Å². The molecule has 3 spiro atoms. The van der Waals surface area contributed by atoms with E-state index in [9.17, 15) is 0 Å². The fraction of sp³-hybridized carbons (Fsp3) is 0.600. The molecule has 2 aliphatic carbocycles. The van der Waals surface area contributed by atoms with Crippen molar-refractivity contribution in [2.45, 2.75) is 43.2 Å². The number of nitrogens with zero attached hydrogens (tertiary/aromatic N) is 2. The van der Waals surface area contributed by atoms with E-state index in [1.54, 1.807) is 5.56 Å². The average molecular weight is 292 g/mol. The highest BCUT2D eigenvalue weighted by molar-refractivity contribution is 5.72. The van der Waals surface area contributed by atoms with Gasteiger partial charge in [-0.3, -0.25) is 4.90 Å². The van der Waals surface area contributed by atoms with Crippen LogP contribution in [0.25, 0.3) is 0 Å². The van der Waals surface area contributed by atoms with Crippen LogP contribution in [0.5, 0.6) is 0 Å². The highest BCUT2D eigenvalue weighted by Crippen LogP contribution is 2.78. The van der Waals surface area contributed by atoms with E-state index in [0.29, 0.717) is 16.4 Å². The van der Waals surface area contributed by atoms with Crippen LogP contribution in [0.3, 0.4) is 0 Å². The number of hydrogen-bond acceptors (Lipinski definition) is 2. The predicted octanol–water partition coefficient (Wildman–Crippen LogP) is 3.19. The normalized spacial score (nSPS) is 50.4. The fourth-order valence-corrected chi connectivity index (χ4v) is 7.97. The molecule has 2 heteroatoms. The summed E-state index contributed by atoms with van der Waals surface area (Å²) in [7, 11) is 2.38. The highest BCUT2D eigenvalue weighted by Gasteiger charge is 2.83. The van der Waals surface area contributed by atoms with E-state index in [1.807, 2.05) is 0 Å². The first kappa shape index (κ1) is 12.2. The molecule has 1 aromatic carbocycles. The number of anilines is 1. The summed E-state index contributed by atoms with van der Waals surface area (Å²) in [5, 5.41) is 0. The molecule has 0 aromatic heterocycles. The van der Waals surface area contributed by atoms with Crippen molar-refractivity contribution in [3.8, 4) is 0 Å². The van der Waals surface area contributed by atoms with Gasteiger partial charge in [0.15, 0.2) is 0 Å². The maximum absolute atomic E-state index is 2.81. The number of fused-ring (bicyclic) bond motifs is 1. The summed E-state index contributed by atoms with van der Waals surface area (Å²) in [6.45, 7) is 5.01. The summed E-state index contributed by atoms with van der Waals surface area (Å²) in [4.78, 5) is 5.52. The number of benzene rings is 1. The minimum Gasteiger partial charge on any atom is -0.367 e. The second kappa shape index (κ2) is 3.31. The average Bonchev–Trinajstić information content (AvgIpc) is 3.20. The van der Waals surface area contributed by atoms with Crippen molar-refractivity contribution in [3.63, 3.8) is 0 Å². The second-order valence-corrected chi connectivity index (χ2v) is 8.36. The Labute approximate surface area is 132 Å². The Hall–Kier alpha value is -1.28. The molecule has 2 bridgehead atoms. The molecule has 2 nitrogen and oxygen atoms in total. The molecule has 3 fully saturated rings. The van der Waals surface area contributed by atoms with Gasteiger partial charge in [-0.1, -0.05) is 37.3 Å². The smallest absolute Gasteiger partial charge is 0.0546 e. The van der Waals surface area contributed by atoms with Crippen LogP contribution in [0.15, 0.2) is 36.4 Å². The van der Waals surface area contributed by atoms with Crippen LogP contribution in [0.2, 0.25) is 0 Å². The molecule has 0 unspecified atom stereocenters. The van der Waals surface area contributed by atoms with E-state index in [1.165, 1.54) is 38.0 Å². The van der Waals surface area contributed by atoms with Gasteiger partial charge in [0.1, 0.15) is 0 Å². The number of hydrogen-bond donors (Lipinski definition) is 0. The minimum absolute atomic E-state index is 0.352. The Balaban J connectivity index is 1.74. The van der Waals surface area contributed by atoms with Crippen molar-refractivity contribution in [2.75, 3.05) is 25.0 Å².